The molecular weight excluding hydrogens is 372 g/mol. The number of hydrogen-bond donors (Lipinski definition) is 3. The van der Waals surface area contributed by atoms with E-state index in [2.05, 4.69) is 35.4 Å². The highest BCUT2D eigenvalue weighted by Gasteiger charge is 2.27. The van der Waals surface area contributed by atoms with Gasteiger partial charge in [0.05, 0.1) is 12.6 Å². The molecule has 0 saturated carbocycles. The molecule has 28 heavy (non-hydrogen) atoms. The Bertz CT molecular complexity index is 1020. The molecule has 0 aliphatic rings. The smallest absolute Gasteiger partial charge is 0.356 e. The summed E-state index contributed by atoms with van der Waals surface area (Å²) in [5, 5.41) is 15.3. The van der Waals surface area contributed by atoms with E-state index in [1.165, 1.54) is 18.6 Å². The van der Waals surface area contributed by atoms with Crippen LogP contribution >= 0.6 is 0 Å². The molecule has 2 amide bonds. The standard InChI is InChI=1S/C15H12N8O5/c16-9(24)5-7(14-22-12(23-28-14)8-6-17-1-2-18-8)21-13(25)10-11(15(26)27)20-4-3-19-10/h1-4,6-7H,5H2,(H2,16,24)(H,21,25)(H,26,27)/t7-/m0/s1. The van der Waals surface area contributed by atoms with Gasteiger partial charge in [0.2, 0.25) is 17.6 Å². The summed E-state index contributed by atoms with van der Waals surface area (Å²) in [6.45, 7) is 0. The summed E-state index contributed by atoms with van der Waals surface area (Å²) in [4.78, 5) is 54.4. The maximum atomic E-state index is 12.5. The molecule has 1 atom stereocenters. The van der Waals surface area contributed by atoms with E-state index >= 15 is 0 Å². The quantitative estimate of drug-likeness (QED) is 0.468. The normalized spacial score (nSPS) is 11.6. The van der Waals surface area contributed by atoms with E-state index < -0.39 is 35.2 Å². The van der Waals surface area contributed by atoms with Gasteiger partial charge in [-0.1, -0.05) is 5.16 Å². The monoisotopic (exact) mass is 384 g/mol. The average Bonchev–Trinajstić information content (AvgIpc) is 3.18. The molecule has 0 spiro atoms. The van der Waals surface area contributed by atoms with Crippen molar-refractivity contribution in [3.63, 3.8) is 0 Å². The summed E-state index contributed by atoms with van der Waals surface area (Å²) < 4.78 is 5.09. The Balaban J connectivity index is 1.88. The lowest BCUT2D eigenvalue weighted by atomic mass is 10.1. The molecule has 142 valence electrons. The van der Waals surface area contributed by atoms with Gasteiger partial charge in [0.15, 0.2) is 11.4 Å². The Morgan fingerprint density at radius 2 is 1.82 bits per heavy atom. The minimum atomic E-state index is -1.44. The molecule has 0 aliphatic carbocycles. The molecule has 3 rings (SSSR count). The molecule has 0 fully saturated rings. The van der Waals surface area contributed by atoms with Crippen LogP contribution in [0.15, 0.2) is 35.5 Å². The zero-order chi connectivity index (χ0) is 20.1. The van der Waals surface area contributed by atoms with Crippen molar-refractivity contribution in [1.82, 2.24) is 35.4 Å². The summed E-state index contributed by atoms with van der Waals surface area (Å²) in [5.74, 6) is -3.16. The molecule has 3 aromatic rings. The van der Waals surface area contributed by atoms with E-state index in [0.29, 0.717) is 5.69 Å². The fourth-order valence-corrected chi connectivity index (χ4v) is 2.18. The molecule has 0 radical (unpaired) electrons. The van der Waals surface area contributed by atoms with Gasteiger partial charge in [-0.3, -0.25) is 14.6 Å². The van der Waals surface area contributed by atoms with Crippen molar-refractivity contribution < 1.29 is 24.0 Å². The van der Waals surface area contributed by atoms with Gasteiger partial charge in [0.1, 0.15) is 11.7 Å². The molecule has 0 unspecified atom stereocenters. The van der Waals surface area contributed by atoms with Gasteiger partial charge in [0.25, 0.3) is 5.91 Å². The van der Waals surface area contributed by atoms with Crippen molar-refractivity contribution in [1.29, 1.82) is 0 Å². The first kappa shape index (κ1) is 18.5. The van der Waals surface area contributed by atoms with E-state index in [4.69, 9.17) is 15.4 Å². The Kier molecular flexibility index (Phi) is 5.25. The number of carboxylic acids is 1. The molecule has 13 nitrogen and oxygen atoms in total. The first-order valence-corrected chi connectivity index (χ1v) is 7.69. The van der Waals surface area contributed by atoms with Gasteiger partial charge in [-0.2, -0.15) is 4.98 Å². The second-order valence-corrected chi connectivity index (χ2v) is 5.30. The zero-order valence-corrected chi connectivity index (χ0v) is 14.0. The Morgan fingerprint density at radius 1 is 1.11 bits per heavy atom. The molecule has 0 saturated heterocycles. The highest BCUT2D eigenvalue weighted by Crippen LogP contribution is 2.19. The zero-order valence-electron chi connectivity index (χ0n) is 14.0. The number of nitrogens with two attached hydrogens (primary N) is 1. The largest absolute Gasteiger partial charge is 0.476 e. The summed E-state index contributed by atoms with van der Waals surface area (Å²) in [6.07, 6.45) is 6.19. The molecule has 3 heterocycles. The molecule has 13 heteroatoms. The van der Waals surface area contributed by atoms with Gasteiger partial charge in [-0.05, 0) is 0 Å². The molecule has 0 aromatic carbocycles. The van der Waals surface area contributed by atoms with Crippen molar-refractivity contribution in [3.8, 4) is 11.5 Å². The molecule has 0 bridgehead atoms. The van der Waals surface area contributed by atoms with Crippen LogP contribution in [0.5, 0.6) is 0 Å². The maximum absolute atomic E-state index is 12.5. The number of hydrogen-bond acceptors (Lipinski definition) is 10. The van der Waals surface area contributed by atoms with Crippen molar-refractivity contribution in [2.75, 3.05) is 0 Å². The Morgan fingerprint density at radius 3 is 2.46 bits per heavy atom. The average molecular weight is 384 g/mol. The van der Waals surface area contributed by atoms with E-state index in [1.807, 2.05) is 0 Å². The first-order valence-electron chi connectivity index (χ1n) is 7.69. The van der Waals surface area contributed by atoms with E-state index in [-0.39, 0.29) is 18.1 Å². The van der Waals surface area contributed by atoms with Crippen molar-refractivity contribution in [2.24, 2.45) is 5.73 Å². The van der Waals surface area contributed by atoms with Crippen LogP contribution in [-0.2, 0) is 4.79 Å². The molecule has 3 aromatic heterocycles. The Hall–Kier alpha value is -4.29. The lowest BCUT2D eigenvalue weighted by molar-refractivity contribution is -0.118. The number of amides is 2. The number of primary amides is 1. The summed E-state index contributed by atoms with van der Waals surface area (Å²) >= 11 is 0. The maximum Gasteiger partial charge on any atom is 0.356 e. The van der Waals surface area contributed by atoms with Crippen LogP contribution in [0.2, 0.25) is 0 Å². The third kappa shape index (κ3) is 4.09. The lowest BCUT2D eigenvalue weighted by Gasteiger charge is -2.13. The van der Waals surface area contributed by atoms with Crippen LogP contribution in [0.25, 0.3) is 11.5 Å². The molecule has 0 aliphatic heterocycles. The fraction of sp³-hybridized carbons (Fsp3) is 0.133. The van der Waals surface area contributed by atoms with Crippen LogP contribution in [-0.4, -0.2) is 53.0 Å². The number of carboxylic acid groups (broad SMARTS) is 1. The van der Waals surface area contributed by atoms with Gasteiger partial charge < -0.3 is 20.7 Å². The number of aromatic carboxylic acids is 1. The van der Waals surface area contributed by atoms with Crippen LogP contribution < -0.4 is 11.1 Å². The highest BCUT2D eigenvalue weighted by atomic mass is 16.5. The lowest BCUT2D eigenvalue weighted by Crippen LogP contribution is -2.33. The minimum Gasteiger partial charge on any atom is -0.476 e. The summed E-state index contributed by atoms with van der Waals surface area (Å²) in [5.41, 5.74) is 4.53. The van der Waals surface area contributed by atoms with E-state index in [9.17, 15) is 14.4 Å². The number of aromatic nitrogens is 6. The van der Waals surface area contributed by atoms with Crippen LogP contribution in [0.1, 0.15) is 39.3 Å². The van der Waals surface area contributed by atoms with Gasteiger partial charge >= 0.3 is 5.97 Å². The number of rotatable bonds is 7. The van der Waals surface area contributed by atoms with Crippen LogP contribution in [0.3, 0.4) is 0 Å². The summed E-state index contributed by atoms with van der Waals surface area (Å²) in [7, 11) is 0. The predicted octanol–water partition coefficient (Wildman–Crippen LogP) is -0.639. The van der Waals surface area contributed by atoms with Gasteiger partial charge in [-0.25, -0.2) is 19.7 Å². The van der Waals surface area contributed by atoms with Gasteiger partial charge in [0, 0.05) is 24.8 Å². The SMILES string of the molecule is NC(=O)C[C@H](NC(=O)c1nccnc1C(=O)O)c1nc(-c2cnccn2)no1. The Labute approximate surface area is 156 Å². The van der Waals surface area contributed by atoms with E-state index in [0.717, 1.165) is 12.4 Å². The van der Waals surface area contributed by atoms with Gasteiger partial charge in [-0.15, -0.1) is 0 Å². The third-order valence-corrected chi connectivity index (χ3v) is 3.36. The molecule has 4 N–H and O–H groups in total. The second-order valence-electron chi connectivity index (χ2n) is 5.30. The molecular formula is C15H12N8O5. The highest BCUT2D eigenvalue weighted by molar-refractivity contribution is 6.02. The first-order chi connectivity index (χ1) is 13.5. The number of nitrogens with one attached hydrogen (secondary N) is 1. The second kappa shape index (κ2) is 7.94. The van der Waals surface area contributed by atoms with Crippen molar-refractivity contribution in [2.45, 2.75) is 12.5 Å². The topological polar surface area (TPSA) is 200 Å². The summed E-state index contributed by atoms with van der Waals surface area (Å²) in [6, 6.07) is -1.12. The van der Waals surface area contributed by atoms with Crippen LogP contribution in [0.4, 0.5) is 0 Å². The van der Waals surface area contributed by atoms with Crippen molar-refractivity contribution >= 4 is 17.8 Å². The number of carbonyl (C=O) groups is 3. The van der Waals surface area contributed by atoms with Crippen LogP contribution in [0, 0.1) is 0 Å². The predicted molar refractivity (Wildman–Crippen MR) is 88.3 cm³/mol. The number of nitrogens with zero attached hydrogens (tertiary/aromatic N) is 6. The fourth-order valence-electron chi connectivity index (χ4n) is 2.18. The van der Waals surface area contributed by atoms with E-state index in [1.54, 1.807) is 0 Å². The number of carbonyl (C=O) groups excluding carboxylic acids is 2. The minimum absolute atomic E-state index is 0.0811. The third-order valence-electron chi connectivity index (χ3n) is 3.36. The van der Waals surface area contributed by atoms with Crippen molar-refractivity contribution in [3.05, 3.63) is 48.3 Å².